The number of benzene rings is 2. The first kappa shape index (κ1) is 29.1. The second-order valence-corrected chi connectivity index (χ2v) is 11.9. The molecule has 0 unspecified atom stereocenters. The van der Waals surface area contributed by atoms with Crippen molar-refractivity contribution in [3.63, 3.8) is 0 Å². The van der Waals surface area contributed by atoms with Crippen molar-refractivity contribution in [2.75, 3.05) is 30.8 Å². The molecule has 1 fully saturated rings. The van der Waals surface area contributed by atoms with E-state index in [4.69, 9.17) is 28.3 Å². The van der Waals surface area contributed by atoms with E-state index in [9.17, 15) is 31.2 Å². The standard InChI is InChI=1S/C24H25Cl2F3N2O5S/c1-3-37(35,36)21-5-4-16(25)13-20(21)30(2)22(32)15-11-18(24(27,28)29)17(19(26)12-15)10-14-6-8-31(9-7-14)23(33)34/h4-5,11-14H,3,6-10H2,1-2H3,(H,33,34). The molecule has 1 heterocycles. The summed E-state index contributed by atoms with van der Waals surface area (Å²) in [6, 6.07) is 5.69. The average Bonchev–Trinajstić information content (AvgIpc) is 2.83. The third kappa shape index (κ3) is 6.50. The molecule has 202 valence electrons. The van der Waals surface area contributed by atoms with Crippen LogP contribution >= 0.6 is 23.2 Å². The third-order valence-corrected chi connectivity index (χ3v) is 8.78. The number of amides is 2. The van der Waals surface area contributed by atoms with Gasteiger partial charge in [0, 0.05) is 35.7 Å². The molecule has 37 heavy (non-hydrogen) atoms. The van der Waals surface area contributed by atoms with Gasteiger partial charge in [-0.2, -0.15) is 13.2 Å². The summed E-state index contributed by atoms with van der Waals surface area (Å²) < 4.78 is 67.3. The summed E-state index contributed by atoms with van der Waals surface area (Å²) in [4.78, 5) is 26.3. The van der Waals surface area contributed by atoms with Gasteiger partial charge in [0.05, 0.1) is 21.9 Å². The van der Waals surface area contributed by atoms with Gasteiger partial charge in [0.15, 0.2) is 9.84 Å². The topological polar surface area (TPSA) is 95.0 Å². The molecule has 0 spiro atoms. The Kier molecular flexibility index (Phi) is 8.71. The molecule has 1 N–H and O–H groups in total. The maximum absolute atomic E-state index is 14.1. The van der Waals surface area contributed by atoms with Gasteiger partial charge in [-0.25, -0.2) is 13.2 Å². The highest BCUT2D eigenvalue weighted by molar-refractivity contribution is 7.91. The summed E-state index contributed by atoms with van der Waals surface area (Å²) in [5.74, 6) is -1.37. The molecule has 1 aliphatic heterocycles. The lowest BCUT2D eigenvalue weighted by Gasteiger charge is -2.31. The fraction of sp³-hybridized carbons (Fsp3) is 0.417. The van der Waals surface area contributed by atoms with Gasteiger partial charge >= 0.3 is 12.3 Å². The van der Waals surface area contributed by atoms with Crippen LogP contribution in [0.2, 0.25) is 10.0 Å². The molecule has 7 nitrogen and oxygen atoms in total. The largest absolute Gasteiger partial charge is 0.465 e. The molecule has 0 bridgehead atoms. The summed E-state index contributed by atoms with van der Waals surface area (Å²) in [6.45, 7) is 1.85. The number of hydrogen-bond acceptors (Lipinski definition) is 4. The van der Waals surface area contributed by atoms with Crippen LogP contribution in [0.4, 0.5) is 23.7 Å². The Morgan fingerprint density at radius 1 is 1.14 bits per heavy atom. The number of hydrogen-bond donors (Lipinski definition) is 1. The molecule has 2 aromatic rings. The van der Waals surface area contributed by atoms with Gasteiger partial charge in [0.1, 0.15) is 0 Å². The van der Waals surface area contributed by atoms with E-state index < -0.39 is 33.6 Å². The van der Waals surface area contributed by atoms with Crippen LogP contribution in [-0.2, 0) is 22.4 Å². The number of sulfone groups is 1. The Bertz CT molecular complexity index is 1310. The summed E-state index contributed by atoms with van der Waals surface area (Å²) in [5.41, 5.74) is -1.67. The van der Waals surface area contributed by atoms with Crippen molar-refractivity contribution in [1.29, 1.82) is 0 Å². The molecule has 0 saturated carbocycles. The first-order chi connectivity index (χ1) is 17.2. The number of rotatable bonds is 6. The van der Waals surface area contributed by atoms with Crippen LogP contribution in [0.15, 0.2) is 35.2 Å². The van der Waals surface area contributed by atoms with Crippen LogP contribution in [0.3, 0.4) is 0 Å². The van der Waals surface area contributed by atoms with Crippen LogP contribution in [0, 0.1) is 5.92 Å². The van der Waals surface area contributed by atoms with Crippen LogP contribution in [-0.4, -0.2) is 56.3 Å². The van der Waals surface area contributed by atoms with Gasteiger partial charge < -0.3 is 14.9 Å². The minimum atomic E-state index is -4.82. The summed E-state index contributed by atoms with van der Waals surface area (Å²) in [7, 11) is -2.53. The minimum Gasteiger partial charge on any atom is -0.465 e. The van der Waals surface area contributed by atoms with Crippen LogP contribution in [0.1, 0.15) is 41.3 Å². The molecular formula is C24H25Cl2F3N2O5S. The van der Waals surface area contributed by atoms with Crippen LogP contribution in [0.25, 0.3) is 0 Å². The van der Waals surface area contributed by atoms with Crippen molar-refractivity contribution < 1.29 is 36.3 Å². The van der Waals surface area contributed by atoms with Gasteiger partial charge in [-0.1, -0.05) is 30.1 Å². The highest BCUT2D eigenvalue weighted by Crippen LogP contribution is 2.39. The van der Waals surface area contributed by atoms with E-state index in [1.54, 1.807) is 0 Å². The molecule has 1 aliphatic rings. The molecule has 1 saturated heterocycles. The third-order valence-electron chi connectivity index (χ3n) is 6.43. The van der Waals surface area contributed by atoms with Crippen molar-refractivity contribution in [2.45, 2.75) is 37.3 Å². The monoisotopic (exact) mass is 580 g/mol. The van der Waals surface area contributed by atoms with Crippen LogP contribution < -0.4 is 4.90 Å². The van der Waals surface area contributed by atoms with Gasteiger partial charge in [-0.3, -0.25) is 4.79 Å². The number of carbonyl (C=O) groups is 2. The zero-order valence-electron chi connectivity index (χ0n) is 20.0. The first-order valence-electron chi connectivity index (χ1n) is 11.3. The second kappa shape index (κ2) is 11.1. The second-order valence-electron chi connectivity index (χ2n) is 8.78. The zero-order chi connectivity index (χ0) is 27.7. The molecule has 13 heteroatoms. The van der Waals surface area contributed by atoms with E-state index >= 15 is 0 Å². The van der Waals surface area contributed by atoms with E-state index in [1.165, 1.54) is 37.1 Å². The summed E-state index contributed by atoms with van der Waals surface area (Å²) in [6.07, 6.45) is -5.16. The Morgan fingerprint density at radius 2 is 1.76 bits per heavy atom. The van der Waals surface area contributed by atoms with Gasteiger partial charge in [0.25, 0.3) is 5.91 Å². The number of alkyl halides is 3. The van der Waals surface area contributed by atoms with E-state index in [0.717, 1.165) is 11.0 Å². The SMILES string of the molecule is CCS(=O)(=O)c1ccc(Cl)cc1N(C)C(=O)c1cc(Cl)c(CC2CCN(C(=O)O)CC2)c(C(F)(F)F)c1. The number of likely N-dealkylation sites (tertiary alicyclic amines) is 1. The van der Waals surface area contributed by atoms with E-state index in [1.807, 2.05) is 0 Å². The fourth-order valence-electron chi connectivity index (χ4n) is 4.31. The number of halogens is 5. The molecule has 0 radical (unpaired) electrons. The lowest BCUT2D eigenvalue weighted by atomic mass is 9.87. The normalized spacial score (nSPS) is 15.1. The van der Waals surface area contributed by atoms with Crippen LogP contribution in [0.5, 0.6) is 0 Å². The Balaban J connectivity index is 1.98. The van der Waals surface area contributed by atoms with Crippen molar-refractivity contribution in [3.05, 3.63) is 57.1 Å². The molecule has 3 rings (SSSR count). The highest BCUT2D eigenvalue weighted by Gasteiger charge is 2.37. The predicted octanol–water partition coefficient (Wildman–Crippen LogP) is 6.01. The van der Waals surface area contributed by atoms with Crippen molar-refractivity contribution in [3.8, 4) is 0 Å². The predicted molar refractivity (Wildman–Crippen MR) is 134 cm³/mol. The number of nitrogens with zero attached hydrogens (tertiary/aromatic N) is 2. The van der Waals surface area contributed by atoms with Crippen molar-refractivity contribution in [2.24, 2.45) is 5.92 Å². The lowest BCUT2D eigenvalue weighted by molar-refractivity contribution is -0.138. The molecule has 2 aromatic carbocycles. The Labute approximate surface area is 222 Å². The van der Waals surface area contributed by atoms with Gasteiger partial charge in [-0.05, 0) is 61.1 Å². The summed E-state index contributed by atoms with van der Waals surface area (Å²) >= 11 is 12.3. The van der Waals surface area contributed by atoms with Crippen molar-refractivity contribution in [1.82, 2.24) is 4.90 Å². The number of carbonyl (C=O) groups excluding carboxylic acids is 1. The summed E-state index contributed by atoms with van der Waals surface area (Å²) in [5, 5.41) is 8.98. The minimum absolute atomic E-state index is 0.0291. The number of carboxylic acid groups (broad SMARTS) is 1. The molecule has 0 aromatic heterocycles. The maximum Gasteiger partial charge on any atom is 0.416 e. The smallest absolute Gasteiger partial charge is 0.416 e. The quantitative estimate of drug-likeness (QED) is 0.451. The molecule has 0 atom stereocenters. The van der Waals surface area contributed by atoms with E-state index in [-0.39, 0.29) is 62.9 Å². The molecule has 0 aliphatic carbocycles. The highest BCUT2D eigenvalue weighted by atomic mass is 35.5. The first-order valence-corrected chi connectivity index (χ1v) is 13.7. The van der Waals surface area contributed by atoms with Gasteiger partial charge in [-0.15, -0.1) is 0 Å². The number of anilines is 1. The molecular weight excluding hydrogens is 556 g/mol. The zero-order valence-corrected chi connectivity index (χ0v) is 22.3. The Morgan fingerprint density at radius 3 is 2.30 bits per heavy atom. The number of piperidine rings is 1. The average molecular weight is 581 g/mol. The van der Waals surface area contributed by atoms with Crippen molar-refractivity contribution >= 4 is 50.7 Å². The molecule has 2 amide bonds. The fourth-order valence-corrected chi connectivity index (χ4v) is 5.88. The van der Waals surface area contributed by atoms with E-state index in [0.29, 0.717) is 18.9 Å². The lowest BCUT2D eigenvalue weighted by Crippen LogP contribution is -2.38. The van der Waals surface area contributed by atoms with E-state index in [2.05, 4.69) is 0 Å². The Hall–Kier alpha value is -2.50. The van der Waals surface area contributed by atoms with Gasteiger partial charge in [0.2, 0.25) is 0 Å². The maximum atomic E-state index is 14.1.